The molecule has 1 aliphatic carbocycles. The van der Waals surface area contributed by atoms with Crippen molar-refractivity contribution in [2.45, 2.75) is 12.3 Å². The van der Waals surface area contributed by atoms with Crippen molar-refractivity contribution in [1.82, 2.24) is 0 Å². The summed E-state index contributed by atoms with van der Waals surface area (Å²) in [5, 5.41) is 19.5. The first-order valence-corrected chi connectivity index (χ1v) is 7.23. The van der Waals surface area contributed by atoms with Crippen LogP contribution in [-0.2, 0) is 11.2 Å². The molecule has 0 radical (unpaired) electrons. The number of carboxylic acid groups (broad SMARTS) is 1. The fourth-order valence-electron chi connectivity index (χ4n) is 2.60. The Morgan fingerprint density at radius 2 is 1.77 bits per heavy atom. The standard InChI is InChI=1S/C16H10Cl2O4/c17-11-2-1-3-12(18)14(11)15(20)10-5-7-4-9(16(21)22)8(7)6-13(10)19/h1-3,5-6,9,19H,4H2,(H,21,22). The molecule has 1 atom stereocenters. The summed E-state index contributed by atoms with van der Waals surface area (Å²) in [4.78, 5) is 23.6. The van der Waals surface area contributed by atoms with Gasteiger partial charge in [0.05, 0.1) is 27.1 Å². The molecule has 2 aromatic rings. The van der Waals surface area contributed by atoms with Gasteiger partial charge in [0.15, 0.2) is 5.78 Å². The molecule has 2 N–H and O–H groups in total. The van der Waals surface area contributed by atoms with Crippen molar-refractivity contribution in [3.05, 3.63) is 62.6 Å². The van der Waals surface area contributed by atoms with Gasteiger partial charge in [0, 0.05) is 0 Å². The second kappa shape index (κ2) is 5.30. The van der Waals surface area contributed by atoms with Crippen molar-refractivity contribution >= 4 is 35.0 Å². The van der Waals surface area contributed by atoms with Crippen molar-refractivity contribution < 1.29 is 19.8 Å². The van der Waals surface area contributed by atoms with Crippen molar-refractivity contribution in [2.24, 2.45) is 0 Å². The van der Waals surface area contributed by atoms with Gasteiger partial charge in [-0.2, -0.15) is 0 Å². The fourth-order valence-corrected chi connectivity index (χ4v) is 3.17. The predicted molar refractivity (Wildman–Crippen MR) is 82.1 cm³/mol. The van der Waals surface area contributed by atoms with E-state index in [-0.39, 0.29) is 26.9 Å². The van der Waals surface area contributed by atoms with E-state index in [0.29, 0.717) is 12.0 Å². The van der Waals surface area contributed by atoms with Crippen LogP contribution in [0.2, 0.25) is 10.0 Å². The van der Waals surface area contributed by atoms with Gasteiger partial charge in [0.2, 0.25) is 0 Å². The number of rotatable bonds is 3. The van der Waals surface area contributed by atoms with Crippen molar-refractivity contribution in [3.63, 3.8) is 0 Å². The van der Waals surface area contributed by atoms with Gasteiger partial charge in [0.25, 0.3) is 0 Å². The second-order valence-corrected chi connectivity index (χ2v) is 5.90. The molecule has 0 spiro atoms. The van der Waals surface area contributed by atoms with Crippen LogP contribution in [0.25, 0.3) is 0 Å². The predicted octanol–water partition coefficient (Wildman–Crippen LogP) is 3.65. The maximum Gasteiger partial charge on any atom is 0.311 e. The zero-order valence-electron chi connectivity index (χ0n) is 11.1. The maximum absolute atomic E-state index is 12.6. The molecule has 0 aromatic heterocycles. The number of benzene rings is 2. The lowest BCUT2D eigenvalue weighted by Gasteiger charge is -2.27. The Hall–Kier alpha value is -2.04. The van der Waals surface area contributed by atoms with Gasteiger partial charge >= 0.3 is 5.97 Å². The molecule has 4 nitrogen and oxygen atoms in total. The highest BCUT2D eigenvalue weighted by Crippen LogP contribution is 2.40. The quantitative estimate of drug-likeness (QED) is 0.839. The summed E-state index contributed by atoms with van der Waals surface area (Å²) in [5.41, 5.74) is 1.45. The van der Waals surface area contributed by atoms with Crippen LogP contribution in [0.3, 0.4) is 0 Å². The molecule has 0 amide bonds. The normalized spacial score (nSPS) is 15.8. The minimum absolute atomic E-state index is 0.0672. The molecular weight excluding hydrogens is 327 g/mol. The van der Waals surface area contributed by atoms with Crippen LogP contribution in [0, 0.1) is 0 Å². The molecule has 1 aliphatic rings. The molecule has 0 fully saturated rings. The van der Waals surface area contributed by atoms with Crippen LogP contribution in [0.1, 0.15) is 33.0 Å². The van der Waals surface area contributed by atoms with Gasteiger partial charge in [-0.1, -0.05) is 29.3 Å². The summed E-state index contributed by atoms with van der Waals surface area (Å²) in [6.45, 7) is 0. The topological polar surface area (TPSA) is 74.6 Å². The first-order valence-electron chi connectivity index (χ1n) is 6.47. The summed E-state index contributed by atoms with van der Waals surface area (Å²) in [6.07, 6.45) is 0.335. The lowest BCUT2D eigenvalue weighted by molar-refractivity contribution is -0.139. The third-order valence-electron chi connectivity index (χ3n) is 3.79. The molecule has 6 heteroatoms. The van der Waals surface area contributed by atoms with E-state index in [1.165, 1.54) is 12.1 Å². The molecule has 0 saturated heterocycles. The zero-order valence-corrected chi connectivity index (χ0v) is 12.6. The molecule has 2 aromatic carbocycles. The zero-order chi connectivity index (χ0) is 16.0. The Morgan fingerprint density at radius 3 is 2.36 bits per heavy atom. The SMILES string of the molecule is O=C(c1cc2c(cc1O)C(C(=O)O)C2)c1c(Cl)cccc1Cl. The number of carboxylic acids is 1. The molecule has 0 bridgehead atoms. The number of aliphatic carboxylic acids is 1. The average molecular weight is 337 g/mol. The Labute approximate surface area is 135 Å². The number of hydrogen-bond donors (Lipinski definition) is 2. The third kappa shape index (κ3) is 2.25. The largest absolute Gasteiger partial charge is 0.507 e. The van der Waals surface area contributed by atoms with E-state index in [0.717, 1.165) is 5.56 Å². The fraction of sp³-hybridized carbons (Fsp3) is 0.125. The maximum atomic E-state index is 12.6. The molecule has 0 aliphatic heterocycles. The molecule has 112 valence electrons. The van der Waals surface area contributed by atoms with Crippen LogP contribution in [0.5, 0.6) is 5.75 Å². The molecular formula is C16H10Cl2O4. The Kier molecular flexibility index (Phi) is 3.59. The monoisotopic (exact) mass is 336 g/mol. The van der Waals surface area contributed by atoms with E-state index in [2.05, 4.69) is 0 Å². The highest BCUT2D eigenvalue weighted by molar-refractivity contribution is 6.41. The van der Waals surface area contributed by atoms with E-state index in [1.54, 1.807) is 18.2 Å². The number of phenols is 1. The number of fused-ring (bicyclic) bond motifs is 1. The third-order valence-corrected chi connectivity index (χ3v) is 4.42. The lowest BCUT2D eigenvalue weighted by Crippen LogP contribution is -2.25. The highest BCUT2D eigenvalue weighted by Gasteiger charge is 2.34. The molecule has 3 rings (SSSR count). The summed E-state index contributed by atoms with van der Waals surface area (Å²) < 4.78 is 0. The summed E-state index contributed by atoms with van der Waals surface area (Å²) in [5.74, 6) is -2.34. The van der Waals surface area contributed by atoms with Gasteiger partial charge < -0.3 is 10.2 Å². The second-order valence-electron chi connectivity index (χ2n) is 5.09. The van der Waals surface area contributed by atoms with Gasteiger partial charge in [-0.15, -0.1) is 0 Å². The van der Waals surface area contributed by atoms with Crippen molar-refractivity contribution in [3.8, 4) is 5.75 Å². The average Bonchev–Trinajstić information content (AvgIpc) is 2.41. The summed E-state index contributed by atoms with van der Waals surface area (Å²) >= 11 is 12.0. The summed E-state index contributed by atoms with van der Waals surface area (Å²) in [7, 11) is 0. The number of carbonyl (C=O) groups is 2. The first kappa shape index (κ1) is 14.9. The Morgan fingerprint density at radius 1 is 1.14 bits per heavy atom. The van der Waals surface area contributed by atoms with Crippen molar-refractivity contribution in [1.29, 1.82) is 0 Å². The van der Waals surface area contributed by atoms with E-state index in [9.17, 15) is 14.7 Å². The number of aromatic hydroxyl groups is 1. The lowest BCUT2D eigenvalue weighted by atomic mass is 9.76. The first-order chi connectivity index (χ1) is 10.4. The van der Waals surface area contributed by atoms with Gasteiger partial charge in [-0.3, -0.25) is 9.59 Å². The Bertz CT molecular complexity index is 794. The molecule has 22 heavy (non-hydrogen) atoms. The van der Waals surface area contributed by atoms with E-state index in [4.69, 9.17) is 28.3 Å². The van der Waals surface area contributed by atoms with Crippen LogP contribution in [0.15, 0.2) is 30.3 Å². The number of halogens is 2. The van der Waals surface area contributed by atoms with Crippen LogP contribution in [0.4, 0.5) is 0 Å². The van der Waals surface area contributed by atoms with E-state index in [1.807, 2.05) is 0 Å². The van der Waals surface area contributed by atoms with E-state index >= 15 is 0 Å². The van der Waals surface area contributed by atoms with Crippen molar-refractivity contribution in [2.75, 3.05) is 0 Å². The molecule has 1 unspecified atom stereocenters. The van der Waals surface area contributed by atoms with Crippen LogP contribution >= 0.6 is 23.2 Å². The number of hydrogen-bond acceptors (Lipinski definition) is 3. The molecule has 0 saturated carbocycles. The highest BCUT2D eigenvalue weighted by atomic mass is 35.5. The number of carbonyl (C=O) groups excluding carboxylic acids is 1. The number of ketones is 1. The number of phenolic OH excluding ortho intramolecular Hbond substituents is 1. The van der Waals surface area contributed by atoms with Crippen LogP contribution in [-0.4, -0.2) is 22.0 Å². The van der Waals surface area contributed by atoms with Gasteiger partial charge in [-0.25, -0.2) is 0 Å². The summed E-state index contributed by atoms with van der Waals surface area (Å²) in [6, 6.07) is 7.54. The smallest absolute Gasteiger partial charge is 0.311 e. The van der Waals surface area contributed by atoms with Gasteiger partial charge in [0.1, 0.15) is 5.75 Å². The molecule has 0 heterocycles. The van der Waals surface area contributed by atoms with E-state index < -0.39 is 17.7 Å². The minimum atomic E-state index is -0.944. The Balaban J connectivity index is 2.05. The van der Waals surface area contributed by atoms with Gasteiger partial charge in [-0.05, 0) is 41.8 Å². The minimum Gasteiger partial charge on any atom is -0.507 e. The van der Waals surface area contributed by atoms with Crippen LogP contribution < -0.4 is 0 Å².